The van der Waals surface area contributed by atoms with Crippen LogP contribution in [0.3, 0.4) is 0 Å². The highest BCUT2D eigenvalue weighted by atomic mass is 19.1. The Kier molecular flexibility index (Phi) is 17.2. The first-order chi connectivity index (χ1) is 24.9. The zero-order valence-electron chi connectivity index (χ0n) is 28.8. The average molecular weight is 733 g/mol. The number of aliphatic hydroxyl groups excluding tert-OH is 4. The molecule has 4 rings (SSSR count). The van der Waals surface area contributed by atoms with Crippen LogP contribution in [-0.2, 0) is 25.7 Å². The number of hydrogen-bond acceptors (Lipinski definition) is 8. The highest BCUT2D eigenvalue weighted by Crippen LogP contribution is 2.30. The second-order valence-corrected chi connectivity index (χ2v) is 13.1. The molecule has 52 heavy (non-hydrogen) atoms. The lowest BCUT2D eigenvalue weighted by molar-refractivity contribution is 0.158. The van der Waals surface area contributed by atoms with Crippen molar-refractivity contribution in [1.29, 1.82) is 0 Å². The van der Waals surface area contributed by atoms with Gasteiger partial charge in [0.15, 0.2) is 46.3 Å². The van der Waals surface area contributed by atoms with Gasteiger partial charge in [-0.3, -0.25) is 0 Å². The number of halogens is 4. The molecule has 0 radical (unpaired) electrons. The number of aromatic hydroxyl groups is 4. The van der Waals surface area contributed by atoms with Crippen LogP contribution < -0.4 is 0 Å². The molecule has 0 saturated heterocycles. The van der Waals surface area contributed by atoms with Gasteiger partial charge in [0.05, 0.1) is 0 Å². The fourth-order valence-corrected chi connectivity index (χ4v) is 6.40. The van der Waals surface area contributed by atoms with Gasteiger partial charge in [-0.25, -0.2) is 17.6 Å². The summed E-state index contributed by atoms with van der Waals surface area (Å²) in [6, 6.07) is 16.6. The van der Waals surface area contributed by atoms with Gasteiger partial charge in [0.2, 0.25) is 0 Å². The Bertz CT molecular complexity index is 1560. The van der Waals surface area contributed by atoms with E-state index in [-0.39, 0.29) is 50.1 Å². The smallest absolute Gasteiger partial charge is 0.165 e. The number of phenolic OH excluding ortho intramolecular Hbond substituents is 4. The van der Waals surface area contributed by atoms with Gasteiger partial charge < -0.3 is 40.9 Å². The standard InChI is InChI=1S/2C20H24F2O4/c2*21-17-10-13(3-5-19(17)25)8-15(2-1-7-23)16(12-24)9-14-4-6-20(26)18(22)11-14/h2*3-6,10-11,15-16,23-26H,1-2,7-9,12H2/t2*15-,16+/m10/s1. The Balaban J connectivity index is 0.000000280. The molecule has 0 amide bonds. The van der Waals surface area contributed by atoms with E-state index < -0.39 is 46.3 Å². The minimum absolute atomic E-state index is 0.00637. The molecular formula is C40H48F4O8. The van der Waals surface area contributed by atoms with Crippen LogP contribution in [-0.4, -0.2) is 67.3 Å². The van der Waals surface area contributed by atoms with E-state index in [2.05, 4.69) is 0 Å². The Morgan fingerprint density at radius 2 is 0.635 bits per heavy atom. The molecule has 0 aliphatic rings. The summed E-state index contributed by atoms with van der Waals surface area (Å²) in [5.41, 5.74) is 2.65. The van der Waals surface area contributed by atoms with E-state index in [0.717, 1.165) is 0 Å². The predicted molar refractivity (Wildman–Crippen MR) is 188 cm³/mol. The molecule has 8 N–H and O–H groups in total. The van der Waals surface area contributed by atoms with E-state index in [9.17, 15) is 48.2 Å². The van der Waals surface area contributed by atoms with Crippen molar-refractivity contribution >= 4 is 0 Å². The SMILES string of the molecule is OCCC[C@@H](Cc1ccc(O)c(F)c1)[C@@H](CO)Cc1ccc(O)c(F)c1.OCCC[C@H](Cc1ccc(O)c(F)c1)[C@H](CO)Cc1ccc(O)c(F)c1. The third-order valence-electron chi connectivity index (χ3n) is 9.31. The van der Waals surface area contributed by atoms with Gasteiger partial charge in [0.25, 0.3) is 0 Å². The summed E-state index contributed by atoms with van der Waals surface area (Å²) < 4.78 is 54.3. The summed E-state index contributed by atoms with van der Waals surface area (Å²) in [6.45, 7) is -0.267. The molecule has 4 atom stereocenters. The van der Waals surface area contributed by atoms with Crippen molar-refractivity contribution in [2.24, 2.45) is 23.7 Å². The number of hydrogen-bond donors (Lipinski definition) is 8. The Hall–Kier alpha value is -4.36. The summed E-state index contributed by atoms with van der Waals surface area (Å²) in [7, 11) is 0. The van der Waals surface area contributed by atoms with E-state index in [1.54, 1.807) is 24.3 Å². The normalized spacial score (nSPS) is 13.5. The highest BCUT2D eigenvalue weighted by Gasteiger charge is 2.24. The summed E-state index contributed by atoms with van der Waals surface area (Å²) in [4.78, 5) is 0. The van der Waals surface area contributed by atoms with Crippen molar-refractivity contribution in [3.8, 4) is 23.0 Å². The lowest BCUT2D eigenvalue weighted by Crippen LogP contribution is -2.24. The maximum Gasteiger partial charge on any atom is 0.165 e. The third-order valence-corrected chi connectivity index (χ3v) is 9.31. The van der Waals surface area contributed by atoms with E-state index in [0.29, 0.717) is 73.6 Å². The Morgan fingerprint density at radius 1 is 0.385 bits per heavy atom. The summed E-state index contributed by atoms with van der Waals surface area (Å²) in [6.07, 6.45) is 4.01. The molecule has 0 heterocycles. The molecule has 8 nitrogen and oxygen atoms in total. The summed E-state index contributed by atoms with van der Waals surface area (Å²) >= 11 is 0. The van der Waals surface area contributed by atoms with Crippen LogP contribution in [0.1, 0.15) is 47.9 Å². The molecule has 0 aromatic heterocycles. The van der Waals surface area contributed by atoms with Gasteiger partial charge in [0.1, 0.15) is 0 Å². The second-order valence-electron chi connectivity index (χ2n) is 13.1. The van der Waals surface area contributed by atoms with Gasteiger partial charge in [-0.15, -0.1) is 0 Å². The molecule has 0 fully saturated rings. The molecule has 0 saturated carbocycles. The van der Waals surface area contributed by atoms with E-state index in [1.165, 1.54) is 48.5 Å². The maximum atomic E-state index is 13.6. The van der Waals surface area contributed by atoms with E-state index in [1.807, 2.05) is 0 Å². The van der Waals surface area contributed by atoms with Crippen LogP contribution in [0.2, 0.25) is 0 Å². The predicted octanol–water partition coefficient (Wildman–Crippen LogP) is 6.32. The van der Waals surface area contributed by atoms with Crippen LogP contribution in [0.5, 0.6) is 23.0 Å². The summed E-state index contributed by atoms with van der Waals surface area (Å²) in [5.74, 6) is -5.09. The Morgan fingerprint density at radius 3 is 0.846 bits per heavy atom. The van der Waals surface area contributed by atoms with Crippen molar-refractivity contribution in [2.45, 2.75) is 51.4 Å². The monoisotopic (exact) mass is 732 g/mol. The first-order valence-electron chi connectivity index (χ1n) is 17.2. The first-order valence-corrected chi connectivity index (χ1v) is 17.2. The molecule has 0 spiro atoms. The van der Waals surface area contributed by atoms with Crippen molar-refractivity contribution < 1.29 is 58.4 Å². The lowest BCUT2D eigenvalue weighted by Gasteiger charge is -2.26. The average Bonchev–Trinajstić information content (AvgIpc) is 3.12. The number of benzene rings is 4. The van der Waals surface area contributed by atoms with Crippen molar-refractivity contribution in [3.05, 3.63) is 118 Å². The van der Waals surface area contributed by atoms with Crippen molar-refractivity contribution in [1.82, 2.24) is 0 Å². The topological polar surface area (TPSA) is 162 Å². The van der Waals surface area contributed by atoms with E-state index in [4.69, 9.17) is 10.2 Å². The van der Waals surface area contributed by atoms with Crippen LogP contribution in [0, 0.1) is 46.9 Å². The van der Waals surface area contributed by atoms with Gasteiger partial charge in [0, 0.05) is 26.4 Å². The molecule has 0 unspecified atom stereocenters. The molecule has 4 aromatic carbocycles. The van der Waals surface area contributed by atoms with Crippen LogP contribution in [0.25, 0.3) is 0 Å². The summed E-state index contributed by atoms with van der Waals surface area (Å²) in [5, 5.41) is 75.2. The fraction of sp³-hybridized carbons (Fsp3) is 0.400. The zero-order valence-corrected chi connectivity index (χ0v) is 28.8. The van der Waals surface area contributed by atoms with Gasteiger partial charge in [-0.05, 0) is 146 Å². The molecule has 0 aliphatic heterocycles. The number of rotatable bonds is 18. The number of aliphatic hydroxyl groups is 4. The molecule has 0 aliphatic carbocycles. The van der Waals surface area contributed by atoms with Crippen molar-refractivity contribution in [2.75, 3.05) is 26.4 Å². The van der Waals surface area contributed by atoms with Crippen LogP contribution in [0.15, 0.2) is 72.8 Å². The largest absolute Gasteiger partial charge is 0.505 e. The third kappa shape index (κ3) is 13.0. The molecule has 0 bridgehead atoms. The first kappa shape index (κ1) is 42.1. The Labute approximate surface area is 300 Å². The minimum Gasteiger partial charge on any atom is -0.505 e. The molecule has 284 valence electrons. The van der Waals surface area contributed by atoms with Crippen LogP contribution >= 0.6 is 0 Å². The lowest BCUT2D eigenvalue weighted by atomic mass is 9.80. The fourth-order valence-electron chi connectivity index (χ4n) is 6.40. The maximum absolute atomic E-state index is 13.6. The quantitative estimate of drug-likeness (QED) is 0.0552. The van der Waals surface area contributed by atoms with Crippen molar-refractivity contribution in [3.63, 3.8) is 0 Å². The van der Waals surface area contributed by atoms with Gasteiger partial charge in [-0.2, -0.15) is 0 Å². The molecule has 4 aromatic rings. The minimum atomic E-state index is -0.716. The van der Waals surface area contributed by atoms with Gasteiger partial charge in [-0.1, -0.05) is 24.3 Å². The van der Waals surface area contributed by atoms with E-state index >= 15 is 0 Å². The van der Waals surface area contributed by atoms with Gasteiger partial charge >= 0.3 is 0 Å². The highest BCUT2D eigenvalue weighted by molar-refractivity contribution is 5.31. The molecule has 12 heteroatoms. The molecular weight excluding hydrogens is 684 g/mol. The zero-order chi connectivity index (χ0) is 38.2. The second kappa shape index (κ2) is 21.2. The van der Waals surface area contributed by atoms with Crippen LogP contribution in [0.4, 0.5) is 17.6 Å². The number of phenols is 4.